The number of carbonyl (C=O) groups is 2. The molecule has 10 heteroatoms. The van der Waals surface area contributed by atoms with E-state index in [2.05, 4.69) is 98.9 Å². The molecule has 0 radical (unpaired) electrons. The summed E-state index contributed by atoms with van der Waals surface area (Å²) >= 11 is 0. The SMILES string of the molecule is CC/C=C\C/C=C\C/C=C\C/C=C\C/C=C\C/C=C\CCCCCCCCCCCCCCC(=O)OC(COC(=O)CCCCCCCCCCC/C=C\CCCCCCCC)COP(=O)(O)OCCN. The highest BCUT2D eigenvalue weighted by molar-refractivity contribution is 7.47. The standard InChI is InChI=1S/C61H108NO8P/c1-3-5-7-9-11-13-15-17-19-21-23-24-25-26-27-28-29-30-31-32-33-34-36-38-40-42-44-46-48-50-52-54-61(64)70-59(58-69-71(65,66)68-56-55-62)57-67-60(63)53-51-49-47-45-43-41-39-37-35-22-20-18-16-14-12-10-8-6-4-2/h5,7,11,13,17-20,23-24,26-27,29-30,59H,3-4,6,8-10,12,14-16,21-22,25,28,31-58,62H2,1-2H3,(H,65,66)/b7-5-,13-11-,19-17-,20-18-,24-23-,27-26-,30-29-. The molecule has 0 bridgehead atoms. The number of phosphoric acid groups is 1. The molecule has 0 rings (SSSR count). The van der Waals surface area contributed by atoms with Gasteiger partial charge in [-0.1, -0.05) is 240 Å². The van der Waals surface area contributed by atoms with Crippen molar-refractivity contribution >= 4 is 19.8 Å². The van der Waals surface area contributed by atoms with E-state index in [-0.39, 0.29) is 38.6 Å². The summed E-state index contributed by atoms with van der Waals surface area (Å²) in [7, 11) is -4.39. The average molecular weight is 1010 g/mol. The van der Waals surface area contributed by atoms with Crippen LogP contribution in [0.3, 0.4) is 0 Å². The molecule has 0 amide bonds. The van der Waals surface area contributed by atoms with Crippen LogP contribution in [0.25, 0.3) is 0 Å². The van der Waals surface area contributed by atoms with Crippen LogP contribution in [0.2, 0.25) is 0 Å². The number of unbranched alkanes of at least 4 members (excludes halogenated alkanes) is 27. The number of hydrogen-bond acceptors (Lipinski definition) is 8. The Morgan fingerprint density at radius 3 is 1.17 bits per heavy atom. The summed E-state index contributed by atoms with van der Waals surface area (Å²) in [6, 6.07) is 0. The molecule has 0 aromatic carbocycles. The molecule has 0 aliphatic heterocycles. The highest BCUT2D eigenvalue weighted by atomic mass is 31.2. The summed E-state index contributed by atoms with van der Waals surface area (Å²) < 4.78 is 33.0. The van der Waals surface area contributed by atoms with Gasteiger partial charge in [-0.3, -0.25) is 18.6 Å². The first-order valence-electron chi connectivity index (χ1n) is 29.1. The summed E-state index contributed by atoms with van der Waals surface area (Å²) in [6.45, 7) is 3.64. The van der Waals surface area contributed by atoms with Gasteiger partial charge in [-0.15, -0.1) is 0 Å². The number of nitrogens with two attached hydrogens (primary N) is 1. The van der Waals surface area contributed by atoms with E-state index in [0.29, 0.717) is 6.42 Å². The monoisotopic (exact) mass is 1010 g/mol. The van der Waals surface area contributed by atoms with E-state index in [1.807, 2.05) is 0 Å². The fourth-order valence-electron chi connectivity index (χ4n) is 7.99. The van der Waals surface area contributed by atoms with Crippen LogP contribution in [0.4, 0.5) is 0 Å². The first-order valence-corrected chi connectivity index (χ1v) is 30.6. The number of phosphoric ester groups is 1. The minimum absolute atomic E-state index is 0.0503. The van der Waals surface area contributed by atoms with E-state index in [1.165, 1.54) is 148 Å². The number of esters is 2. The highest BCUT2D eigenvalue weighted by Crippen LogP contribution is 2.43. The zero-order chi connectivity index (χ0) is 51.7. The lowest BCUT2D eigenvalue weighted by atomic mass is 10.0. The second kappa shape index (κ2) is 56.5. The van der Waals surface area contributed by atoms with Crippen LogP contribution in [-0.4, -0.2) is 49.3 Å². The lowest BCUT2D eigenvalue weighted by Gasteiger charge is -2.19. The molecule has 71 heavy (non-hydrogen) atoms. The van der Waals surface area contributed by atoms with Crippen LogP contribution in [0.5, 0.6) is 0 Å². The Hall–Kier alpha value is -2.81. The lowest BCUT2D eigenvalue weighted by Crippen LogP contribution is -2.29. The third kappa shape index (κ3) is 56.3. The zero-order valence-electron chi connectivity index (χ0n) is 45.7. The Morgan fingerprint density at radius 1 is 0.437 bits per heavy atom. The van der Waals surface area contributed by atoms with Gasteiger partial charge in [-0.2, -0.15) is 0 Å². The van der Waals surface area contributed by atoms with Gasteiger partial charge in [0, 0.05) is 19.4 Å². The van der Waals surface area contributed by atoms with E-state index in [0.717, 1.165) is 77.0 Å². The van der Waals surface area contributed by atoms with Crippen molar-refractivity contribution in [2.45, 2.75) is 264 Å². The molecule has 0 aromatic heterocycles. The maximum absolute atomic E-state index is 12.7. The topological polar surface area (TPSA) is 134 Å². The van der Waals surface area contributed by atoms with Crippen molar-refractivity contribution in [3.63, 3.8) is 0 Å². The minimum Gasteiger partial charge on any atom is -0.462 e. The average Bonchev–Trinajstić information content (AvgIpc) is 3.36. The van der Waals surface area contributed by atoms with Crippen molar-refractivity contribution in [1.82, 2.24) is 0 Å². The third-order valence-electron chi connectivity index (χ3n) is 12.3. The van der Waals surface area contributed by atoms with E-state index in [9.17, 15) is 19.0 Å². The van der Waals surface area contributed by atoms with Gasteiger partial charge < -0.3 is 20.1 Å². The van der Waals surface area contributed by atoms with Crippen LogP contribution in [0, 0.1) is 0 Å². The molecule has 3 N–H and O–H groups in total. The summed E-state index contributed by atoms with van der Waals surface area (Å²) in [5.74, 6) is -0.829. The zero-order valence-corrected chi connectivity index (χ0v) is 46.6. The number of hydrogen-bond donors (Lipinski definition) is 2. The Kier molecular flexibility index (Phi) is 54.2. The van der Waals surface area contributed by atoms with Crippen molar-refractivity contribution in [1.29, 1.82) is 0 Å². The first kappa shape index (κ1) is 68.2. The van der Waals surface area contributed by atoms with Crippen molar-refractivity contribution in [3.05, 3.63) is 85.1 Å². The van der Waals surface area contributed by atoms with E-state index >= 15 is 0 Å². The van der Waals surface area contributed by atoms with Gasteiger partial charge in [0.25, 0.3) is 0 Å². The highest BCUT2D eigenvalue weighted by Gasteiger charge is 2.26. The first-order chi connectivity index (χ1) is 34.8. The van der Waals surface area contributed by atoms with Gasteiger partial charge in [-0.25, -0.2) is 4.57 Å². The normalized spacial score (nSPS) is 13.7. The molecule has 0 saturated carbocycles. The predicted octanol–water partition coefficient (Wildman–Crippen LogP) is 18.3. The molecule has 0 aliphatic rings. The molecule has 0 fully saturated rings. The summed E-state index contributed by atoms with van der Waals surface area (Å²) in [4.78, 5) is 35.2. The molecule has 0 aliphatic carbocycles. The van der Waals surface area contributed by atoms with Crippen LogP contribution >= 0.6 is 7.82 Å². The maximum atomic E-state index is 12.7. The summed E-state index contributed by atoms with van der Waals surface area (Å²) in [5.41, 5.74) is 5.38. The fraction of sp³-hybridized carbons (Fsp3) is 0.738. The smallest absolute Gasteiger partial charge is 0.462 e. The number of allylic oxidation sites excluding steroid dienone is 14. The predicted molar refractivity (Wildman–Crippen MR) is 302 cm³/mol. The maximum Gasteiger partial charge on any atom is 0.472 e. The number of ether oxygens (including phenoxy) is 2. The molecule has 2 unspecified atom stereocenters. The van der Waals surface area contributed by atoms with E-state index in [1.54, 1.807) is 0 Å². The van der Waals surface area contributed by atoms with Crippen molar-refractivity contribution < 1.29 is 37.6 Å². The van der Waals surface area contributed by atoms with Crippen molar-refractivity contribution in [2.24, 2.45) is 5.73 Å². The molecule has 0 aromatic rings. The van der Waals surface area contributed by atoms with Gasteiger partial charge in [0.1, 0.15) is 6.61 Å². The number of rotatable bonds is 54. The Morgan fingerprint density at radius 2 is 0.775 bits per heavy atom. The van der Waals surface area contributed by atoms with E-state index < -0.39 is 26.5 Å². The molecule has 0 spiro atoms. The van der Waals surface area contributed by atoms with Gasteiger partial charge in [0.2, 0.25) is 0 Å². The van der Waals surface area contributed by atoms with Crippen LogP contribution in [-0.2, 0) is 32.7 Å². The Bertz CT molecular complexity index is 1440. The molecule has 410 valence electrons. The molecule has 2 atom stereocenters. The van der Waals surface area contributed by atoms with E-state index in [4.69, 9.17) is 24.3 Å². The molecular weight excluding hydrogens is 906 g/mol. The molecular formula is C61H108NO8P. The van der Waals surface area contributed by atoms with Gasteiger partial charge in [-0.05, 0) is 89.9 Å². The Labute approximate surface area is 436 Å². The number of carbonyl (C=O) groups excluding carboxylic acids is 2. The largest absolute Gasteiger partial charge is 0.472 e. The lowest BCUT2D eigenvalue weighted by molar-refractivity contribution is -0.161. The second-order valence-corrected chi connectivity index (χ2v) is 20.6. The minimum atomic E-state index is -4.39. The second-order valence-electron chi connectivity index (χ2n) is 19.1. The molecule has 0 heterocycles. The van der Waals surface area contributed by atoms with Gasteiger partial charge >= 0.3 is 19.8 Å². The van der Waals surface area contributed by atoms with Crippen molar-refractivity contribution in [3.8, 4) is 0 Å². The summed E-state index contributed by atoms with van der Waals surface area (Å²) in [6.07, 6.45) is 73.5. The third-order valence-corrected chi connectivity index (χ3v) is 13.2. The van der Waals surface area contributed by atoms with Crippen molar-refractivity contribution in [2.75, 3.05) is 26.4 Å². The molecule has 9 nitrogen and oxygen atoms in total. The quantitative estimate of drug-likeness (QED) is 0.0264. The van der Waals surface area contributed by atoms with Crippen LogP contribution in [0.15, 0.2) is 85.1 Å². The summed E-state index contributed by atoms with van der Waals surface area (Å²) in [5, 5.41) is 0. The molecule has 0 saturated heterocycles. The fourth-order valence-corrected chi connectivity index (χ4v) is 8.75. The van der Waals surface area contributed by atoms with Gasteiger partial charge in [0.05, 0.1) is 13.2 Å². The van der Waals surface area contributed by atoms with Crippen LogP contribution in [0.1, 0.15) is 258 Å². The van der Waals surface area contributed by atoms with Crippen LogP contribution < -0.4 is 5.73 Å². The van der Waals surface area contributed by atoms with Gasteiger partial charge in [0.15, 0.2) is 6.10 Å². The Balaban J connectivity index is 3.97.